The van der Waals surface area contributed by atoms with Crippen LogP contribution in [-0.4, -0.2) is 39.6 Å². The topological polar surface area (TPSA) is 73.6 Å². The lowest BCUT2D eigenvalue weighted by Crippen LogP contribution is -2.08. The van der Waals surface area contributed by atoms with E-state index in [1.54, 1.807) is 10.8 Å². The highest BCUT2D eigenvalue weighted by Gasteiger charge is 2.08. The minimum atomic E-state index is 0.614. The second-order valence-corrected chi connectivity index (χ2v) is 5.62. The van der Waals surface area contributed by atoms with Crippen LogP contribution < -0.4 is 14.8 Å². The quantitative estimate of drug-likeness (QED) is 0.679. The van der Waals surface area contributed by atoms with Crippen molar-refractivity contribution in [3.63, 3.8) is 0 Å². The monoisotopic (exact) mass is 341 g/mol. The fourth-order valence-electron chi connectivity index (χ4n) is 2.68. The highest BCUT2D eigenvalue weighted by Crippen LogP contribution is 2.28. The van der Waals surface area contributed by atoms with Crippen LogP contribution in [-0.2, 0) is 6.42 Å². The molecule has 0 aliphatic carbocycles. The van der Waals surface area contributed by atoms with Crippen molar-refractivity contribution in [2.24, 2.45) is 0 Å². The van der Waals surface area contributed by atoms with Crippen molar-refractivity contribution in [3.05, 3.63) is 41.9 Å². The molecule has 0 spiro atoms. The summed E-state index contributed by atoms with van der Waals surface area (Å²) < 4.78 is 13.0. The van der Waals surface area contributed by atoms with Gasteiger partial charge in [0, 0.05) is 6.54 Å². The smallest absolute Gasteiger partial charge is 0.200 e. The van der Waals surface area contributed by atoms with E-state index < -0.39 is 0 Å². The van der Waals surface area contributed by atoms with Crippen LogP contribution in [0.25, 0.3) is 5.65 Å². The summed E-state index contributed by atoms with van der Waals surface area (Å²) in [6.07, 6.45) is 2.46. The van der Waals surface area contributed by atoms with Gasteiger partial charge in [-0.15, -0.1) is 10.2 Å². The molecule has 0 radical (unpaired) electrons. The number of anilines is 1. The third-order valence-electron chi connectivity index (χ3n) is 3.73. The molecule has 1 N–H and O–H groups in total. The van der Waals surface area contributed by atoms with Crippen molar-refractivity contribution in [3.8, 4) is 11.5 Å². The second-order valence-electron chi connectivity index (χ2n) is 5.62. The van der Waals surface area contributed by atoms with Gasteiger partial charge < -0.3 is 14.8 Å². The number of aromatic nitrogens is 4. The molecule has 0 saturated carbocycles. The van der Waals surface area contributed by atoms with Crippen molar-refractivity contribution in [2.45, 2.75) is 27.2 Å². The standard InChI is InChI=1S/C18H23N5O2/c1-4-24-16-7-6-14(11-17(16)25-5-2)8-9-19-15-10-13(3)22-23-12-20-21-18(15)23/h6-7,10-12,19H,4-5,8-9H2,1-3H3. The lowest BCUT2D eigenvalue weighted by atomic mass is 10.1. The Morgan fingerprint density at radius 3 is 2.68 bits per heavy atom. The van der Waals surface area contributed by atoms with Gasteiger partial charge in [0.1, 0.15) is 6.33 Å². The Labute approximate surface area is 147 Å². The van der Waals surface area contributed by atoms with Crippen molar-refractivity contribution in [1.29, 1.82) is 0 Å². The second kappa shape index (κ2) is 7.83. The van der Waals surface area contributed by atoms with Crippen LogP contribution in [0.1, 0.15) is 25.1 Å². The van der Waals surface area contributed by atoms with Crippen LogP contribution in [0.4, 0.5) is 5.69 Å². The summed E-state index contributed by atoms with van der Waals surface area (Å²) in [5, 5.41) is 15.8. The fourth-order valence-corrected chi connectivity index (χ4v) is 2.68. The Hall–Kier alpha value is -2.83. The zero-order chi connectivity index (χ0) is 17.6. The highest BCUT2D eigenvalue weighted by atomic mass is 16.5. The van der Waals surface area contributed by atoms with Crippen molar-refractivity contribution in [1.82, 2.24) is 19.8 Å². The molecular formula is C18H23N5O2. The maximum Gasteiger partial charge on any atom is 0.200 e. The van der Waals surface area contributed by atoms with Gasteiger partial charge in [-0.3, -0.25) is 0 Å². The Morgan fingerprint density at radius 1 is 1.08 bits per heavy atom. The molecule has 7 nitrogen and oxygen atoms in total. The number of aryl methyl sites for hydroxylation is 1. The van der Waals surface area contributed by atoms with Crippen molar-refractivity contribution >= 4 is 11.3 Å². The first-order chi connectivity index (χ1) is 12.2. The Morgan fingerprint density at radius 2 is 1.88 bits per heavy atom. The summed E-state index contributed by atoms with van der Waals surface area (Å²) in [4.78, 5) is 0. The van der Waals surface area contributed by atoms with Crippen LogP contribution in [0, 0.1) is 6.92 Å². The van der Waals surface area contributed by atoms with E-state index in [9.17, 15) is 0 Å². The van der Waals surface area contributed by atoms with Gasteiger partial charge in [-0.2, -0.15) is 9.61 Å². The molecule has 1 aromatic carbocycles. The molecule has 0 unspecified atom stereocenters. The molecule has 0 amide bonds. The third kappa shape index (κ3) is 3.99. The number of ether oxygens (including phenoxy) is 2. The van der Waals surface area contributed by atoms with Gasteiger partial charge in [0.2, 0.25) is 5.65 Å². The normalized spacial score (nSPS) is 10.8. The molecule has 7 heteroatoms. The highest BCUT2D eigenvalue weighted by molar-refractivity contribution is 5.66. The molecular weight excluding hydrogens is 318 g/mol. The van der Waals surface area contributed by atoms with E-state index in [0.29, 0.717) is 13.2 Å². The van der Waals surface area contributed by atoms with Gasteiger partial charge in [-0.25, -0.2) is 0 Å². The van der Waals surface area contributed by atoms with E-state index in [-0.39, 0.29) is 0 Å². The van der Waals surface area contributed by atoms with Crippen molar-refractivity contribution in [2.75, 3.05) is 25.1 Å². The van der Waals surface area contributed by atoms with Gasteiger partial charge in [-0.05, 0) is 51.0 Å². The van der Waals surface area contributed by atoms with E-state index in [2.05, 4.69) is 26.7 Å². The molecule has 0 saturated heterocycles. The first-order valence-electron chi connectivity index (χ1n) is 8.51. The maximum absolute atomic E-state index is 5.68. The zero-order valence-electron chi connectivity index (χ0n) is 14.8. The summed E-state index contributed by atoms with van der Waals surface area (Å²) in [5.74, 6) is 1.58. The summed E-state index contributed by atoms with van der Waals surface area (Å²) in [6, 6.07) is 8.06. The number of rotatable bonds is 8. The predicted molar refractivity (Wildman–Crippen MR) is 96.5 cm³/mol. The lowest BCUT2D eigenvalue weighted by Gasteiger charge is -2.13. The van der Waals surface area contributed by atoms with Gasteiger partial charge >= 0.3 is 0 Å². The average molecular weight is 341 g/mol. The predicted octanol–water partition coefficient (Wildman–Crippen LogP) is 2.88. The summed E-state index contributed by atoms with van der Waals surface area (Å²) in [6.45, 7) is 7.89. The zero-order valence-corrected chi connectivity index (χ0v) is 14.8. The molecule has 3 aromatic rings. The number of benzene rings is 1. The molecule has 0 atom stereocenters. The molecule has 0 aliphatic rings. The first kappa shape index (κ1) is 17.0. The summed E-state index contributed by atoms with van der Waals surface area (Å²) in [7, 11) is 0. The molecule has 25 heavy (non-hydrogen) atoms. The molecule has 0 fully saturated rings. The van der Waals surface area contributed by atoms with E-state index in [1.807, 2.05) is 39.0 Å². The summed E-state index contributed by atoms with van der Waals surface area (Å²) >= 11 is 0. The molecule has 2 heterocycles. The Bertz CT molecular complexity index is 847. The minimum absolute atomic E-state index is 0.614. The van der Waals surface area contributed by atoms with E-state index in [0.717, 1.165) is 41.5 Å². The number of fused-ring (bicyclic) bond motifs is 1. The lowest BCUT2D eigenvalue weighted by molar-refractivity contribution is 0.287. The number of nitrogens with one attached hydrogen (secondary N) is 1. The number of nitrogens with zero attached hydrogens (tertiary/aromatic N) is 4. The molecule has 3 rings (SSSR count). The largest absolute Gasteiger partial charge is 0.490 e. The Balaban J connectivity index is 1.69. The maximum atomic E-state index is 5.68. The number of hydrogen-bond acceptors (Lipinski definition) is 6. The molecule has 2 aromatic heterocycles. The van der Waals surface area contributed by atoms with E-state index >= 15 is 0 Å². The molecule has 132 valence electrons. The summed E-state index contributed by atoms with van der Waals surface area (Å²) in [5.41, 5.74) is 3.76. The van der Waals surface area contributed by atoms with E-state index in [1.165, 1.54) is 5.56 Å². The van der Waals surface area contributed by atoms with Crippen LogP contribution >= 0.6 is 0 Å². The molecule has 0 aliphatic heterocycles. The van der Waals surface area contributed by atoms with Crippen LogP contribution in [0.15, 0.2) is 30.6 Å². The SMILES string of the molecule is CCOc1ccc(CCNc2cc(C)nn3cnnc23)cc1OCC. The van der Waals surface area contributed by atoms with Gasteiger partial charge in [0.05, 0.1) is 24.6 Å². The van der Waals surface area contributed by atoms with Gasteiger partial charge in [0.15, 0.2) is 11.5 Å². The minimum Gasteiger partial charge on any atom is -0.490 e. The number of hydrogen-bond donors (Lipinski definition) is 1. The fraction of sp³-hybridized carbons (Fsp3) is 0.389. The van der Waals surface area contributed by atoms with Gasteiger partial charge in [-0.1, -0.05) is 6.07 Å². The van der Waals surface area contributed by atoms with Crippen LogP contribution in [0.5, 0.6) is 11.5 Å². The average Bonchev–Trinajstić information content (AvgIpc) is 3.06. The van der Waals surface area contributed by atoms with Gasteiger partial charge in [0.25, 0.3) is 0 Å². The Kier molecular flexibility index (Phi) is 5.33. The third-order valence-corrected chi connectivity index (χ3v) is 3.73. The first-order valence-corrected chi connectivity index (χ1v) is 8.51. The molecule has 0 bridgehead atoms. The van der Waals surface area contributed by atoms with Crippen LogP contribution in [0.3, 0.4) is 0 Å². The van der Waals surface area contributed by atoms with Crippen LogP contribution in [0.2, 0.25) is 0 Å². The van der Waals surface area contributed by atoms with E-state index in [4.69, 9.17) is 9.47 Å². The van der Waals surface area contributed by atoms with Crippen molar-refractivity contribution < 1.29 is 9.47 Å².